The number of fused-ring (bicyclic) bond motifs is 1. The summed E-state index contributed by atoms with van der Waals surface area (Å²) < 4.78 is 10.6. The van der Waals surface area contributed by atoms with Crippen LogP contribution in [-0.4, -0.2) is 55.5 Å². The normalized spacial score (nSPS) is 19.9. The van der Waals surface area contributed by atoms with Crippen molar-refractivity contribution in [3.05, 3.63) is 77.9 Å². The Morgan fingerprint density at radius 2 is 1.60 bits per heavy atom. The van der Waals surface area contributed by atoms with Crippen LogP contribution in [-0.2, 0) is 14.3 Å². The molecule has 0 spiro atoms. The highest BCUT2D eigenvalue weighted by Crippen LogP contribution is 2.40. The van der Waals surface area contributed by atoms with Crippen molar-refractivity contribution in [2.24, 2.45) is 0 Å². The zero-order valence-corrected chi connectivity index (χ0v) is 20.1. The van der Waals surface area contributed by atoms with Crippen molar-refractivity contribution in [3.8, 4) is 5.75 Å². The van der Waals surface area contributed by atoms with E-state index in [-0.39, 0.29) is 42.3 Å². The number of nitrogens with one attached hydrogen (secondary N) is 1. The second-order valence-corrected chi connectivity index (χ2v) is 9.00. The molecule has 1 aliphatic heterocycles. The summed E-state index contributed by atoms with van der Waals surface area (Å²) in [5.74, 6) is -0.428. The molecule has 2 amide bonds. The summed E-state index contributed by atoms with van der Waals surface area (Å²) in [4.78, 5) is 40.7. The molecule has 1 N–H and O–H groups in total. The number of hydrogen-bond acceptors (Lipinski definition) is 5. The molecule has 1 saturated heterocycles. The molecule has 4 rings (SSSR count). The van der Waals surface area contributed by atoms with E-state index in [1.807, 2.05) is 41.3 Å². The Hall–Kier alpha value is -3.61. The molecule has 0 bridgehead atoms. The molecule has 1 heterocycles. The number of nitrogens with zero attached hydrogens (tertiary/aromatic N) is 1. The molecule has 1 aliphatic carbocycles. The summed E-state index contributed by atoms with van der Waals surface area (Å²) in [5.41, 5.74) is 2.30. The number of likely N-dealkylation sites (tertiary alicyclic amines) is 1. The maximum Gasteiger partial charge on any atom is 0.313 e. The van der Waals surface area contributed by atoms with Gasteiger partial charge in [-0.05, 0) is 48.9 Å². The van der Waals surface area contributed by atoms with Crippen LogP contribution in [0.25, 0.3) is 0 Å². The molecular weight excluding hydrogens is 444 g/mol. The molecule has 1 fully saturated rings. The van der Waals surface area contributed by atoms with Crippen molar-refractivity contribution in [1.82, 2.24) is 10.2 Å². The van der Waals surface area contributed by atoms with Crippen LogP contribution < -0.4 is 10.1 Å². The van der Waals surface area contributed by atoms with E-state index in [0.29, 0.717) is 50.1 Å². The lowest BCUT2D eigenvalue weighted by atomic mass is 9.76. The third-order valence-corrected chi connectivity index (χ3v) is 6.91. The standard InChI is InChI=1S/C28H32N2O5/c1-3-18-35-28(33)23-13-12-22(20-8-4-5-9-21(20)23)27(32)30-16-14-19(15-17-30)29-26(31)24-10-6-7-11-25(24)34-2/h3-11,19,22-23H,1,12-18H2,2H3,(H,29,31)/t22-,23?/m1/s1. The smallest absolute Gasteiger partial charge is 0.313 e. The first kappa shape index (κ1) is 24.5. The minimum absolute atomic E-state index is 0.000819. The number of para-hydroxylation sites is 1. The summed E-state index contributed by atoms with van der Waals surface area (Å²) in [6, 6.07) is 14.8. The van der Waals surface area contributed by atoms with Crippen molar-refractivity contribution in [2.45, 2.75) is 43.6 Å². The van der Waals surface area contributed by atoms with Gasteiger partial charge in [-0.2, -0.15) is 0 Å². The molecule has 0 aromatic heterocycles. The van der Waals surface area contributed by atoms with Crippen LogP contribution in [0, 0.1) is 0 Å². The molecule has 0 radical (unpaired) electrons. The highest BCUT2D eigenvalue weighted by Gasteiger charge is 2.38. The first-order valence-corrected chi connectivity index (χ1v) is 12.1. The van der Waals surface area contributed by atoms with Gasteiger partial charge in [0.25, 0.3) is 5.91 Å². The van der Waals surface area contributed by atoms with E-state index in [1.165, 1.54) is 0 Å². The lowest BCUT2D eigenvalue weighted by Crippen LogP contribution is -2.48. The van der Waals surface area contributed by atoms with Gasteiger partial charge in [-0.3, -0.25) is 14.4 Å². The monoisotopic (exact) mass is 476 g/mol. The molecule has 1 unspecified atom stereocenters. The first-order chi connectivity index (χ1) is 17.0. The van der Waals surface area contributed by atoms with Crippen LogP contribution in [0.5, 0.6) is 5.75 Å². The van der Waals surface area contributed by atoms with E-state index < -0.39 is 0 Å². The number of carbonyl (C=O) groups excluding carboxylic acids is 3. The lowest BCUT2D eigenvalue weighted by molar-refractivity contribution is -0.145. The minimum Gasteiger partial charge on any atom is -0.496 e. The van der Waals surface area contributed by atoms with Gasteiger partial charge in [0.1, 0.15) is 12.4 Å². The van der Waals surface area contributed by atoms with E-state index in [2.05, 4.69) is 11.9 Å². The quantitative estimate of drug-likeness (QED) is 0.485. The van der Waals surface area contributed by atoms with Gasteiger partial charge in [0, 0.05) is 19.1 Å². The minimum atomic E-state index is -0.355. The number of methoxy groups -OCH3 is 1. The fraction of sp³-hybridized carbons (Fsp3) is 0.393. The van der Waals surface area contributed by atoms with Crippen LogP contribution in [0.2, 0.25) is 0 Å². The van der Waals surface area contributed by atoms with Crippen molar-refractivity contribution >= 4 is 17.8 Å². The van der Waals surface area contributed by atoms with E-state index in [4.69, 9.17) is 9.47 Å². The van der Waals surface area contributed by atoms with Crippen LogP contribution in [0.4, 0.5) is 0 Å². The molecule has 184 valence electrons. The Morgan fingerprint density at radius 1 is 0.971 bits per heavy atom. The molecule has 0 saturated carbocycles. The predicted octanol–water partition coefficient (Wildman–Crippen LogP) is 3.81. The Labute approximate surface area is 206 Å². The van der Waals surface area contributed by atoms with Crippen LogP contribution in [0.3, 0.4) is 0 Å². The number of carbonyl (C=O) groups is 3. The molecule has 2 atom stereocenters. The number of piperidine rings is 1. The molecule has 7 heteroatoms. The summed E-state index contributed by atoms with van der Waals surface area (Å²) in [7, 11) is 1.55. The molecule has 2 aromatic rings. The predicted molar refractivity (Wildman–Crippen MR) is 132 cm³/mol. The van der Waals surface area contributed by atoms with E-state index in [9.17, 15) is 14.4 Å². The average molecular weight is 477 g/mol. The Balaban J connectivity index is 1.38. The highest BCUT2D eigenvalue weighted by molar-refractivity contribution is 5.97. The zero-order valence-electron chi connectivity index (χ0n) is 20.1. The third-order valence-electron chi connectivity index (χ3n) is 6.91. The second-order valence-electron chi connectivity index (χ2n) is 9.00. The Bertz CT molecular complexity index is 1090. The van der Waals surface area contributed by atoms with E-state index >= 15 is 0 Å². The number of ether oxygens (including phenoxy) is 2. The van der Waals surface area contributed by atoms with Gasteiger partial charge in [-0.15, -0.1) is 0 Å². The van der Waals surface area contributed by atoms with Gasteiger partial charge in [-0.1, -0.05) is 49.1 Å². The molecular formula is C28H32N2O5. The Morgan fingerprint density at radius 3 is 2.29 bits per heavy atom. The number of amides is 2. The fourth-order valence-electron chi connectivity index (χ4n) is 5.09. The molecule has 7 nitrogen and oxygen atoms in total. The summed E-state index contributed by atoms with van der Waals surface area (Å²) in [5, 5.41) is 3.08. The number of benzene rings is 2. The van der Waals surface area contributed by atoms with E-state index in [0.717, 1.165) is 11.1 Å². The van der Waals surface area contributed by atoms with Gasteiger partial charge in [-0.25, -0.2) is 0 Å². The van der Waals surface area contributed by atoms with Crippen LogP contribution in [0.15, 0.2) is 61.2 Å². The average Bonchev–Trinajstić information content (AvgIpc) is 2.91. The number of esters is 1. The highest BCUT2D eigenvalue weighted by atomic mass is 16.5. The Kier molecular flexibility index (Phi) is 7.85. The lowest BCUT2D eigenvalue weighted by Gasteiger charge is -2.37. The zero-order chi connectivity index (χ0) is 24.8. The van der Waals surface area contributed by atoms with Crippen molar-refractivity contribution < 1.29 is 23.9 Å². The van der Waals surface area contributed by atoms with Gasteiger partial charge in [0.05, 0.1) is 24.5 Å². The summed E-state index contributed by atoms with van der Waals surface area (Å²) >= 11 is 0. The fourth-order valence-corrected chi connectivity index (χ4v) is 5.09. The van der Waals surface area contributed by atoms with Crippen molar-refractivity contribution in [3.63, 3.8) is 0 Å². The summed E-state index contributed by atoms with van der Waals surface area (Å²) in [6.45, 7) is 4.95. The SMILES string of the molecule is C=CCOC(=O)C1CC[C@@H](C(=O)N2CCC(NC(=O)c3ccccc3OC)CC2)c2ccccc21. The topological polar surface area (TPSA) is 84.9 Å². The molecule has 2 aromatic carbocycles. The largest absolute Gasteiger partial charge is 0.496 e. The van der Waals surface area contributed by atoms with Crippen molar-refractivity contribution in [1.29, 1.82) is 0 Å². The molecule has 2 aliphatic rings. The van der Waals surface area contributed by atoms with Crippen molar-refractivity contribution in [2.75, 3.05) is 26.8 Å². The van der Waals surface area contributed by atoms with Crippen LogP contribution in [0.1, 0.15) is 59.0 Å². The molecule has 35 heavy (non-hydrogen) atoms. The van der Waals surface area contributed by atoms with Gasteiger partial charge >= 0.3 is 5.97 Å². The van der Waals surface area contributed by atoms with Gasteiger partial charge in [0.15, 0.2) is 0 Å². The maximum absolute atomic E-state index is 13.5. The number of hydrogen-bond donors (Lipinski definition) is 1. The van der Waals surface area contributed by atoms with Gasteiger partial charge in [0.2, 0.25) is 5.91 Å². The van der Waals surface area contributed by atoms with Gasteiger partial charge < -0.3 is 19.7 Å². The maximum atomic E-state index is 13.5. The summed E-state index contributed by atoms with van der Waals surface area (Å²) in [6.07, 6.45) is 4.12. The van der Waals surface area contributed by atoms with Crippen LogP contribution >= 0.6 is 0 Å². The van der Waals surface area contributed by atoms with E-state index in [1.54, 1.807) is 25.3 Å². The first-order valence-electron chi connectivity index (χ1n) is 12.1. The third kappa shape index (κ3) is 5.39. The second kappa shape index (κ2) is 11.2. The number of rotatable bonds is 7.